The van der Waals surface area contributed by atoms with Gasteiger partial charge in [0.15, 0.2) is 0 Å². The van der Waals surface area contributed by atoms with Crippen LogP contribution in [0, 0.1) is 11.8 Å². The van der Waals surface area contributed by atoms with Crippen LogP contribution in [0.2, 0.25) is 0 Å². The first-order chi connectivity index (χ1) is 9.90. The molecule has 0 heterocycles. The first-order valence-corrected chi connectivity index (χ1v) is 9.51. The normalized spacial score (nSPS) is 28.6. The van der Waals surface area contributed by atoms with Gasteiger partial charge in [0.1, 0.15) is 0 Å². The average Bonchev–Trinajstić information content (AvgIpc) is 2.52. The molecule has 1 heteroatoms. The molecule has 0 aromatic heterocycles. The van der Waals surface area contributed by atoms with Gasteiger partial charge in [-0.2, -0.15) is 0 Å². The lowest BCUT2D eigenvalue weighted by Gasteiger charge is -2.35. The SMILES string of the molecule is CCCCCCCOC1CCC(C2CCCCC2)CC1. The van der Waals surface area contributed by atoms with Crippen molar-refractivity contribution in [3.63, 3.8) is 0 Å². The van der Waals surface area contributed by atoms with Gasteiger partial charge in [0.05, 0.1) is 6.10 Å². The van der Waals surface area contributed by atoms with E-state index in [2.05, 4.69) is 6.92 Å². The summed E-state index contributed by atoms with van der Waals surface area (Å²) in [5, 5.41) is 0. The predicted molar refractivity (Wildman–Crippen MR) is 87.0 cm³/mol. The van der Waals surface area contributed by atoms with Gasteiger partial charge in [-0.05, 0) is 43.9 Å². The van der Waals surface area contributed by atoms with Gasteiger partial charge in [-0.3, -0.25) is 0 Å². The van der Waals surface area contributed by atoms with E-state index in [0.717, 1.165) is 18.4 Å². The Morgan fingerprint density at radius 2 is 1.35 bits per heavy atom. The third-order valence-corrected chi connectivity index (χ3v) is 5.64. The van der Waals surface area contributed by atoms with Gasteiger partial charge in [-0.1, -0.05) is 64.7 Å². The highest BCUT2D eigenvalue weighted by atomic mass is 16.5. The molecule has 0 unspecified atom stereocenters. The fourth-order valence-electron chi connectivity index (χ4n) is 4.29. The Hall–Kier alpha value is -0.0400. The van der Waals surface area contributed by atoms with Gasteiger partial charge in [-0.25, -0.2) is 0 Å². The molecule has 0 amide bonds. The van der Waals surface area contributed by atoms with Crippen molar-refractivity contribution in [2.45, 2.75) is 103 Å². The van der Waals surface area contributed by atoms with Gasteiger partial charge in [0, 0.05) is 6.61 Å². The number of rotatable bonds is 8. The fourth-order valence-corrected chi connectivity index (χ4v) is 4.29. The fraction of sp³-hybridized carbons (Fsp3) is 1.00. The molecule has 1 nitrogen and oxygen atoms in total. The summed E-state index contributed by atoms with van der Waals surface area (Å²) >= 11 is 0. The van der Waals surface area contributed by atoms with E-state index in [0.29, 0.717) is 6.10 Å². The summed E-state index contributed by atoms with van der Waals surface area (Å²) in [6, 6.07) is 0. The summed E-state index contributed by atoms with van der Waals surface area (Å²) in [5.74, 6) is 2.11. The quantitative estimate of drug-likeness (QED) is 0.487. The van der Waals surface area contributed by atoms with Crippen LogP contribution >= 0.6 is 0 Å². The van der Waals surface area contributed by atoms with Crippen molar-refractivity contribution in [3.05, 3.63) is 0 Å². The lowest BCUT2D eigenvalue weighted by molar-refractivity contribution is 0.00668. The molecule has 2 rings (SSSR count). The van der Waals surface area contributed by atoms with Crippen LogP contribution in [0.25, 0.3) is 0 Å². The molecule has 0 bridgehead atoms. The maximum absolute atomic E-state index is 6.10. The Balaban J connectivity index is 1.50. The second-order valence-corrected chi connectivity index (χ2v) is 7.22. The number of hydrogen-bond donors (Lipinski definition) is 0. The van der Waals surface area contributed by atoms with Crippen LogP contribution in [0.5, 0.6) is 0 Å². The van der Waals surface area contributed by atoms with Crippen molar-refractivity contribution < 1.29 is 4.74 Å². The summed E-state index contributed by atoms with van der Waals surface area (Å²) in [4.78, 5) is 0. The minimum Gasteiger partial charge on any atom is -0.378 e. The highest BCUT2D eigenvalue weighted by Gasteiger charge is 2.28. The van der Waals surface area contributed by atoms with Crippen LogP contribution in [0.3, 0.4) is 0 Å². The molecule has 118 valence electrons. The molecular weight excluding hydrogens is 244 g/mol. The maximum atomic E-state index is 6.10. The topological polar surface area (TPSA) is 9.23 Å². The Bertz CT molecular complexity index is 224. The van der Waals surface area contributed by atoms with Crippen LogP contribution in [-0.4, -0.2) is 12.7 Å². The Kier molecular flexibility index (Phi) is 8.02. The van der Waals surface area contributed by atoms with E-state index in [9.17, 15) is 0 Å². The van der Waals surface area contributed by atoms with Crippen molar-refractivity contribution in [1.82, 2.24) is 0 Å². The Morgan fingerprint density at radius 3 is 2.05 bits per heavy atom. The molecule has 0 aromatic carbocycles. The summed E-state index contributed by atoms with van der Waals surface area (Å²) < 4.78 is 6.10. The molecular formula is C19H36O. The minimum absolute atomic E-state index is 0.598. The number of unbranched alkanes of at least 4 members (excludes halogenated alkanes) is 4. The third-order valence-electron chi connectivity index (χ3n) is 5.64. The molecule has 2 aliphatic rings. The van der Waals surface area contributed by atoms with Crippen LogP contribution in [0.4, 0.5) is 0 Å². The van der Waals surface area contributed by atoms with Gasteiger partial charge in [0.2, 0.25) is 0 Å². The first-order valence-electron chi connectivity index (χ1n) is 9.51. The summed E-state index contributed by atoms with van der Waals surface area (Å²) in [5.41, 5.74) is 0. The Labute approximate surface area is 126 Å². The second kappa shape index (κ2) is 9.82. The van der Waals surface area contributed by atoms with Gasteiger partial charge in [-0.15, -0.1) is 0 Å². The van der Waals surface area contributed by atoms with Gasteiger partial charge in [0.25, 0.3) is 0 Å². The Morgan fingerprint density at radius 1 is 0.700 bits per heavy atom. The zero-order valence-electron chi connectivity index (χ0n) is 13.7. The van der Waals surface area contributed by atoms with E-state index >= 15 is 0 Å². The zero-order chi connectivity index (χ0) is 14.0. The van der Waals surface area contributed by atoms with Crippen molar-refractivity contribution in [3.8, 4) is 0 Å². The van der Waals surface area contributed by atoms with Crippen LogP contribution in [-0.2, 0) is 4.74 Å². The summed E-state index contributed by atoms with van der Waals surface area (Å²) in [6.07, 6.45) is 20.5. The molecule has 0 atom stereocenters. The van der Waals surface area contributed by atoms with Crippen LogP contribution in [0.15, 0.2) is 0 Å². The van der Waals surface area contributed by atoms with Gasteiger partial charge >= 0.3 is 0 Å². The van der Waals surface area contributed by atoms with Crippen LogP contribution < -0.4 is 0 Å². The van der Waals surface area contributed by atoms with Gasteiger partial charge < -0.3 is 4.74 Å². The molecule has 2 aliphatic carbocycles. The summed E-state index contributed by atoms with van der Waals surface area (Å²) in [7, 11) is 0. The van der Waals surface area contributed by atoms with Crippen molar-refractivity contribution in [2.75, 3.05) is 6.61 Å². The number of ether oxygens (including phenoxy) is 1. The standard InChI is InChI=1S/C19H36O/c1-2-3-4-5-9-16-20-19-14-12-18(13-15-19)17-10-7-6-8-11-17/h17-19H,2-16H2,1H3. The van der Waals surface area contributed by atoms with E-state index in [4.69, 9.17) is 4.74 Å². The minimum atomic E-state index is 0.598. The first kappa shape index (κ1) is 16.3. The lowest BCUT2D eigenvalue weighted by atomic mass is 9.73. The summed E-state index contributed by atoms with van der Waals surface area (Å²) in [6.45, 7) is 3.30. The monoisotopic (exact) mass is 280 g/mol. The molecule has 2 saturated carbocycles. The largest absolute Gasteiger partial charge is 0.378 e. The highest BCUT2D eigenvalue weighted by Crippen LogP contribution is 2.38. The third kappa shape index (κ3) is 5.76. The zero-order valence-corrected chi connectivity index (χ0v) is 13.7. The maximum Gasteiger partial charge on any atom is 0.0575 e. The van der Waals surface area contributed by atoms with Crippen LogP contribution in [0.1, 0.15) is 96.8 Å². The molecule has 0 saturated heterocycles. The molecule has 0 aliphatic heterocycles. The second-order valence-electron chi connectivity index (χ2n) is 7.22. The lowest BCUT2D eigenvalue weighted by Crippen LogP contribution is -2.27. The molecule has 2 fully saturated rings. The van der Waals surface area contributed by atoms with Crippen molar-refractivity contribution in [1.29, 1.82) is 0 Å². The molecule has 0 spiro atoms. The number of hydrogen-bond acceptors (Lipinski definition) is 1. The van der Waals surface area contributed by atoms with E-state index in [1.165, 1.54) is 89.9 Å². The molecule has 0 aromatic rings. The van der Waals surface area contributed by atoms with E-state index < -0.39 is 0 Å². The van der Waals surface area contributed by atoms with Crippen molar-refractivity contribution >= 4 is 0 Å². The average molecular weight is 280 g/mol. The molecule has 20 heavy (non-hydrogen) atoms. The highest BCUT2D eigenvalue weighted by molar-refractivity contribution is 4.80. The van der Waals surface area contributed by atoms with E-state index in [1.807, 2.05) is 0 Å². The van der Waals surface area contributed by atoms with E-state index in [1.54, 1.807) is 0 Å². The molecule has 0 N–H and O–H groups in total. The smallest absolute Gasteiger partial charge is 0.0575 e. The predicted octanol–water partition coefficient (Wildman–Crippen LogP) is 6.11. The van der Waals surface area contributed by atoms with E-state index in [-0.39, 0.29) is 0 Å². The molecule has 0 radical (unpaired) electrons. The van der Waals surface area contributed by atoms with Crippen molar-refractivity contribution in [2.24, 2.45) is 11.8 Å².